The Morgan fingerprint density at radius 2 is 1.77 bits per heavy atom. The zero-order valence-electron chi connectivity index (χ0n) is 17.0. The lowest BCUT2D eigenvalue weighted by Gasteiger charge is -2.23. The summed E-state index contributed by atoms with van der Waals surface area (Å²) in [6.45, 7) is 1.35. The van der Waals surface area contributed by atoms with Crippen LogP contribution in [0.2, 0.25) is 0 Å². The molecule has 0 bridgehead atoms. The number of nitrogens with one attached hydrogen (secondary N) is 1. The van der Waals surface area contributed by atoms with Gasteiger partial charge in [-0.2, -0.15) is 0 Å². The van der Waals surface area contributed by atoms with Crippen molar-refractivity contribution in [2.75, 3.05) is 18.1 Å². The van der Waals surface area contributed by atoms with Crippen molar-refractivity contribution >= 4 is 17.5 Å². The van der Waals surface area contributed by atoms with E-state index < -0.39 is 6.10 Å². The van der Waals surface area contributed by atoms with Crippen LogP contribution < -0.4 is 10.2 Å². The van der Waals surface area contributed by atoms with Gasteiger partial charge < -0.3 is 15.0 Å². The molecule has 1 saturated heterocycles. The minimum Gasteiger partial charge on any atom is -0.367 e. The third-order valence-electron chi connectivity index (χ3n) is 6.14. The van der Waals surface area contributed by atoms with Crippen LogP contribution in [0.3, 0.4) is 0 Å². The van der Waals surface area contributed by atoms with Crippen LogP contribution in [0, 0.1) is 0 Å². The number of hydrogen-bond acceptors (Lipinski definition) is 4. The van der Waals surface area contributed by atoms with E-state index in [0.29, 0.717) is 31.7 Å². The maximum atomic E-state index is 13.2. The highest BCUT2D eigenvalue weighted by Crippen LogP contribution is 2.47. The number of para-hydroxylation sites is 1. The first-order valence-corrected chi connectivity index (χ1v) is 10.4. The van der Waals surface area contributed by atoms with E-state index in [1.165, 1.54) is 0 Å². The molecule has 0 saturated carbocycles. The van der Waals surface area contributed by atoms with Crippen LogP contribution in [0.25, 0.3) is 0 Å². The summed E-state index contributed by atoms with van der Waals surface area (Å²) < 4.78 is 5.97. The number of hydrogen-bond donors (Lipinski definition) is 1. The first kappa shape index (κ1) is 19.5. The number of amides is 2. The van der Waals surface area contributed by atoms with Gasteiger partial charge in [-0.15, -0.1) is 0 Å². The van der Waals surface area contributed by atoms with Crippen molar-refractivity contribution < 1.29 is 14.3 Å². The van der Waals surface area contributed by atoms with Crippen LogP contribution in [-0.4, -0.2) is 36.1 Å². The van der Waals surface area contributed by atoms with Crippen LogP contribution >= 0.6 is 0 Å². The van der Waals surface area contributed by atoms with E-state index >= 15 is 0 Å². The standard InChI is InChI=1S/C25H23N3O3/c29-23(27-15-18-10-12-26-13-11-18)22-14-25(17-31-22)16-28(21-9-5-4-8-20(21)25)24(30)19-6-2-1-3-7-19/h1-13,22H,14-17H2,(H,27,29). The minimum absolute atomic E-state index is 0.0319. The molecule has 2 unspecified atom stereocenters. The summed E-state index contributed by atoms with van der Waals surface area (Å²) in [7, 11) is 0. The normalized spacial score (nSPS) is 21.8. The molecule has 0 aliphatic carbocycles. The van der Waals surface area contributed by atoms with Gasteiger partial charge in [-0.1, -0.05) is 36.4 Å². The van der Waals surface area contributed by atoms with Crippen LogP contribution in [-0.2, 0) is 21.5 Å². The monoisotopic (exact) mass is 413 g/mol. The van der Waals surface area contributed by atoms with Crippen molar-refractivity contribution in [3.63, 3.8) is 0 Å². The molecule has 1 N–H and O–H groups in total. The first-order valence-electron chi connectivity index (χ1n) is 10.4. The number of pyridine rings is 1. The number of ether oxygens (including phenoxy) is 1. The molecule has 3 aromatic rings. The largest absolute Gasteiger partial charge is 0.367 e. The Morgan fingerprint density at radius 3 is 2.58 bits per heavy atom. The summed E-state index contributed by atoms with van der Waals surface area (Å²) in [4.78, 5) is 31.8. The van der Waals surface area contributed by atoms with Gasteiger partial charge in [0.2, 0.25) is 5.91 Å². The Balaban J connectivity index is 1.34. The number of carbonyl (C=O) groups is 2. The van der Waals surface area contributed by atoms with E-state index in [9.17, 15) is 9.59 Å². The SMILES string of the molecule is O=C(NCc1ccncc1)C1CC2(CO1)CN(C(=O)c1ccccc1)c1ccccc12. The van der Waals surface area contributed by atoms with Gasteiger partial charge in [0.15, 0.2) is 0 Å². The second kappa shape index (κ2) is 7.96. The summed E-state index contributed by atoms with van der Waals surface area (Å²) in [6.07, 6.45) is 3.42. The van der Waals surface area contributed by atoms with E-state index in [1.807, 2.05) is 71.6 Å². The Hall–Kier alpha value is -3.51. The third-order valence-corrected chi connectivity index (χ3v) is 6.14. The van der Waals surface area contributed by atoms with Crippen molar-refractivity contribution in [1.82, 2.24) is 10.3 Å². The number of nitrogens with zero attached hydrogens (tertiary/aromatic N) is 2. The Bertz CT molecular complexity index is 1100. The molecule has 1 fully saturated rings. The van der Waals surface area contributed by atoms with Gasteiger partial charge in [-0.25, -0.2) is 0 Å². The fourth-order valence-corrected chi connectivity index (χ4v) is 4.55. The molecule has 31 heavy (non-hydrogen) atoms. The van der Waals surface area contributed by atoms with Gasteiger partial charge in [0.1, 0.15) is 6.10 Å². The molecule has 2 atom stereocenters. The zero-order valence-corrected chi connectivity index (χ0v) is 17.0. The van der Waals surface area contributed by atoms with Gasteiger partial charge in [0.05, 0.1) is 6.61 Å². The summed E-state index contributed by atoms with van der Waals surface area (Å²) in [6, 6.07) is 21.0. The lowest BCUT2D eigenvalue weighted by Crippen LogP contribution is -2.39. The lowest BCUT2D eigenvalue weighted by molar-refractivity contribution is -0.130. The fraction of sp³-hybridized carbons (Fsp3) is 0.240. The molecule has 6 heteroatoms. The lowest BCUT2D eigenvalue weighted by atomic mass is 9.80. The Labute approximate surface area is 180 Å². The van der Waals surface area contributed by atoms with Crippen molar-refractivity contribution in [3.05, 3.63) is 95.8 Å². The molecule has 6 nitrogen and oxygen atoms in total. The average molecular weight is 413 g/mol. The van der Waals surface area contributed by atoms with Gasteiger partial charge in [0.25, 0.3) is 5.91 Å². The van der Waals surface area contributed by atoms with Gasteiger partial charge in [-0.3, -0.25) is 14.6 Å². The van der Waals surface area contributed by atoms with Crippen LogP contribution in [0.4, 0.5) is 5.69 Å². The van der Waals surface area contributed by atoms with Gasteiger partial charge >= 0.3 is 0 Å². The minimum atomic E-state index is -0.540. The predicted molar refractivity (Wildman–Crippen MR) is 117 cm³/mol. The molecule has 2 aromatic carbocycles. The number of carbonyl (C=O) groups excluding carboxylic acids is 2. The van der Waals surface area contributed by atoms with Crippen molar-refractivity contribution in [1.29, 1.82) is 0 Å². The summed E-state index contributed by atoms with van der Waals surface area (Å²) in [5.74, 6) is -0.158. The topological polar surface area (TPSA) is 71.5 Å². The molecule has 2 amide bonds. The smallest absolute Gasteiger partial charge is 0.258 e. The maximum Gasteiger partial charge on any atom is 0.258 e. The number of fused-ring (bicyclic) bond motifs is 2. The van der Waals surface area contributed by atoms with E-state index in [1.54, 1.807) is 12.4 Å². The second-order valence-electron chi connectivity index (χ2n) is 8.13. The highest BCUT2D eigenvalue weighted by atomic mass is 16.5. The molecular formula is C25H23N3O3. The Morgan fingerprint density at radius 1 is 1.03 bits per heavy atom. The quantitative estimate of drug-likeness (QED) is 0.714. The number of rotatable bonds is 4. The molecule has 2 aliphatic heterocycles. The number of anilines is 1. The molecule has 1 spiro atoms. The number of aromatic nitrogens is 1. The van der Waals surface area contributed by atoms with Gasteiger partial charge in [-0.05, 0) is 47.9 Å². The average Bonchev–Trinajstić information content (AvgIpc) is 3.41. The molecule has 2 aliphatic rings. The molecule has 5 rings (SSSR count). The molecule has 0 radical (unpaired) electrons. The van der Waals surface area contributed by atoms with Gasteiger partial charge in [0, 0.05) is 42.1 Å². The third kappa shape index (κ3) is 3.59. The molecule has 1 aromatic heterocycles. The second-order valence-corrected chi connectivity index (χ2v) is 8.13. The van der Waals surface area contributed by atoms with Crippen LogP contribution in [0.1, 0.15) is 27.9 Å². The van der Waals surface area contributed by atoms with Crippen LogP contribution in [0.5, 0.6) is 0 Å². The summed E-state index contributed by atoms with van der Waals surface area (Å²) in [5, 5.41) is 2.96. The summed E-state index contributed by atoms with van der Waals surface area (Å²) >= 11 is 0. The van der Waals surface area contributed by atoms with E-state index in [-0.39, 0.29) is 17.2 Å². The molecule has 156 valence electrons. The first-order chi connectivity index (χ1) is 15.2. The van der Waals surface area contributed by atoms with Crippen molar-refractivity contribution in [2.24, 2.45) is 0 Å². The van der Waals surface area contributed by atoms with E-state index in [4.69, 9.17) is 4.74 Å². The van der Waals surface area contributed by atoms with Crippen molar-refractivity contribution in [3.8, 4) is 0 Å². The maximum absolute atomic E-state index is 13.2. The van der Waals surface area contributed by atoms with Crippen LogP contribution in [0.15, 0.2) is 79.1 Å². The highest BCUT2D eigenvalue weighted by molar-refractivity contribution is 6.07. The highest BCUT2D eigenvalue weighted by Gasteiger charge is 2.51. The van der Waals surface area contributed by atoms with Crippen molar-refractivity contribution in [2.45, 2.75) is 24.5 Å². The van der Waals surface area contributed by atoms with E-state index in [2.05, 4.69) is 10.3 Å². The molecular weight excluding hydrogens is 390 g/mol. The number of benzene rings is 2. The zero-order chi connectivity index (χ0) is 21.3. The fourth-order valence-electron chi connectivity index (χ4n) is 4.55. The summed E-state index contributed by atoms with van der Waals surface area (Å²) in [5.41, 5.74) is 3.24. The Kier molecular flexibility index (Phi) is 5.00. The predicted octanol–water partition coefficient (Wildman–Crippen LogP) is 3.09. The molecule has 3 heterocycles. The van der Waals surface area contributed by atoms with E-state index in [0.717, 1.165) is 16.8 Å².